The van der Waals surface area contributed by atoms with Crippen molar-refractivity contribution in [2.75, 3.05) is 58.2 Å². The second-order valence-corrected chi connectivity index (χ2v) is 9.45. The van der Waals surface area contributed by atoms with Crippen LogP contribution in [0.3, 0.4) is 0 Å². The van der Waals surface area contributed by atoms with Crippen LogP contribution in [0, 0.1) is 6.92 Å². The SMILES string of the molecule is COc1ccc(C)c2sc(N(CCCN3CCOCC3)C(=O)Cc3ccc4c(c3)OCO4)nc12.Cl. The van der Waals surface area contributed by atoms with E-state index in [0.29, 0.717) is 23.2 Å². The molecule has 5 rings (SSSR count). The molecule has 8 nitrogen and oxygen atoms in total. The van der Waals surface area contributed by atoms with Crippen LogP contribution in [0.5, 0.6) is 17.2 Å². The molecule has 3 heterocycles. The molecule has 1 amide bonds. The number of hydrogen-bond donors (Lipinski definition) is 0. The molecule has 1 fully saturated rings. The molecule has 0 saturated carbocycles. The quantitative estimate of drug-likeness (QED) is 0.444. The molecule has 2 aliphatic heterocycles. The van der Waals surface area contributed by atoms with Crippen LogP contribution in [0.25, 0.3) is 10.2 Å². The van der Waals surface area contributed by atoms with Gasteiger partial charge < -0.3 is 18.9 Å². The summed E-state index contributed by atoms with van der Waals surface area (Å²) < 4.78 is 22.9. The smallest absolute Gasteiger partial charge is 0.233 e. The van der Waals surface area contributed by atoms with Crippen molar-refractivity contribution in [3.8, 4) is 17.2 Å². The normalized spacial score (nSPS) is 15.1. The minimum absolute atomic E-state index is 0. The van der Waals surface area contributed by atoms with Crippen LogP contribution >= 0.6 is 23.7 Å². The Labute approximate surface area is 215 Å². The maximum atomic E-state index is 13.6. The standard InChI is InChI=1S/C25H29N3O5S.ClH/c1-17-4-6-20(30-2)23-24(17)34-25(26-23)28(9-3-8-27-10-12-31-13-11-27)22(29)15-18-5-7-19-21(14-18)33-16-32-19;/h4-7,14H,3,8-13,15-16H2,1-2H3;1H. The zero-order valence-corrected chi connectivity index (χ0v) is 21.6. The highest BCUT2D eigenvalue weighted by molar-refractivity contribution is 7.22. The van der Waals surface area contributed by atoms with Gasteiger partial charge in [0.05, 0.1) is 31.4 Å². The number of fused-ring (bicyclic) bond motifs is 2. The number of morpholine rings is 1. The van der Waals surface area contributed by atoms with Gasteiger partial charge in [-0.15, -0.1) is 12.4 Å². The van der Waals surface area contributed by atoms with Crippen LogP contribution in [0.1, 0.15) is 17.5 Å². The number of benzene rings is 2. The lowest BCUT2D eigenvalue weighted by Gasteiger charge is -2.27. The molecular formula is C25H30ClN3O5S. The summed E-state index contributed by atoms with van der Waals surface area (Å²) in [5.74, 6) is 2.13. The first-order valence-electron chi connectivity index (χ1n) is 11.6. The second kappa shape index (κ2) is 11.4. The lowest BCUT2D eigenvalue weighted by atomic mass is 10.1. The van der Waals surface area contributed by atoms with Gasteiger partial charge in [0.25, 0.3) is 0 Å². The molecule has 0 spiro atoms. The van der Waals surface area contributed by atoms with Gasteiger partial charge in [0.15, 0.2) is 16.6 Å². The second-order valence-electron chi connectivity index (χ2n) is 8.48. The molecule has 0 atom stereocenters. The van der Waals surface area contributed by atoms with Gasteiger partial charge in [0, 0.05) is 26.2 Å². The fourth-order valence-corrected chi connectivity index (χ4v) is 5.40. The minimum Gasteiger partial charge on any atom is -0.494 e. The average Bonchev–Trinajstić information content (AvgIpc) is 3.50. The van der Waals surface area contributed by atoms with E-state index in [2.05, 4.69) is 11.8 Å². The van der Waals surface area contributed by atoms with Gasteiger partial charge in [-0.05, 0) is 42.7 Å². The zero-order chi connectivity index (χ0) is 23.5. The lowest BCUT2D eigenvalue weighted by Crippen LogP contribution is -2.39. The molecular weight excluding hydrogens is 490 g/mol. The highest BCUT2D eigenvalue weighted by Crippen LogP contribution is 2.37. The van der Waals surface area contributed by atoms with Crippen molar-refractivity contribution in [2.45, 2.75) is 19.8 Å². The van der Waals surface area contributed by atoms with E-state index < -0.39 is 0 Å². The minimum atomic E-state index is 0. The molecule has 1 aromatic heterocycles. The molecule has 0 unspecified atom stereocenters. The molecule has 0 radical (unpaired) electrons. The molecule has 10 heteroatoms. The van der Waals surface area contributed by atoms with E-state index in [0.717, 1.165) is 66.4 Å². The van der Waals surface area contributed by atoms with Crippen LogP contribution in [-0.2, 0) is 16.0 Å². The van der Waals surface area contributed by atoms with Crippen molar-refractivity contribution >= 4 is 45.0 Å². The topological polar surface area (TPSA) is 73.4 Å². The van der Waals surface area contributed by atoms with Crippen LogP contribution in [-0.4, -0.2) is 69.1 Å². The number of ether oxygens (including phenoxy) is 4. The molecule has 35 heavy (non-hydrogen) atoms. The van der Waals surface area contributed by atoms with Gasteiger partial charge in [-0.2, -0.15) is 0 Å². The number of methoxy groups -OCH3 is 1. The van der Waals surface area contributed by atoms with Gasteiger partial charge in [-0.25, -0.2) is 4.98 Å². The zero-order valence-electron chi connectivity index (χ0n) is 20.0. The van der Waals surface area contributed by atoms with Gasteiger partial charge in [-0.1, -0.05) is 23.5 Å². The predicted octanol–water partition coefficient (Wildman–Crippen LogP) is 4.06. The van der Waals surface area contributed by atoms with E-state index in [1.165, 1.54) is 0 Å². The van der Waals surface area contributed by atoms with Crippen molar-refractivity contribution in [1.29, 1.82) is 0 Å². The number of amides is 1. The first-order chi connectivity index (χ1) is 16.6. The highest BCUT2D eigenvalue weighted by Gasteiger charge is 2.23. The Bertz CT molecular complexity index is 1180. The number of carbonyl (C=O) groups excluding carboxylic acids is 1. The maximum absolute atomic E-state index is 13.6. The van der Waals surface area contributed by atoms with E-state index >= 15 is 0 Å². The molecule has 3 aromatic rings. The molecule has 0 N–H and O–H groups in total. The lowest BCUT2D eigenvalue weighted by molar-refractivity contribution is -0.118. The van der Waals surface area contributed by atoms with Gasteiger partial charge in [-0.3, -0.25) is 14.6 Å². The van der Waals surface area contributed by atoms with Crippen LogP contribution in [0.15, 0.2) is 30.3 Å². The fraction of sp³-hybridized carbons (Fsp3) is 0.440. The summed E-state index contributed by atoms with van der Waals surface area (Å²) in [5.41, 5.74) is 2.81. The van der Waals surface area contributed by atoms with E-state index in [9.17, 15) is 4.79 Å². The van der Waals surface area contributed by atoms with Crippen LogP contribution in [0.4, 0.5) is 5.13 Å². The molecule has 2 aliphatic rings. The predicted molar refractivity (Wildman–Crippen MR) is 139 cm³/mol. The Morgan fingerprint density at radius 3 is 2.77 bits per heavy atom. The largest absolute Gasteiger partial charge is 0.494 e. The Balaban J connectivity index is 0.00000289. The number of hydrogen-bond acceptors (Lipinski definition) is 8. The van der Waals surface area contributed by atoms with Gasteiger partial charge in [0.2, 0.25) is 12.7 Å². The summed E-state index contributed by atoms with van der Waals surface area (Å²) >= 11 is 1.54. The monoisotopic (exact) mass is 519 g/mol. The molecule has 188 valence electrons. The Morgan fingerprint density at radius 1 is 1.17 bits per heavy atom. The summed E-state index contributed by atoms with van der Waals surface area (Å²) in [6.45, 7) is 7.19. The van der Waals surface area contributed by atoms with E-state index in [-0.39, 0.29) is 31.5 Å². The van der Waals surface area contributed by atoms with Crippen molar-refractivity contribution in [3.63, 3.8) is 0 Å². The Hall–Kier alpha value is -2.59. The van der Waals surface area contributed by atoms with E-state index in [1.807, 2.05) is 35.2 Å². The Kier molecular flexibility index (Phi) is 8.33. The highest BCUT2D eigenvalue weighted by atomic mass is 35.5. The third kappa shape index (κ3) is 5.64. The van der Waals surface area contributed by atoms with E-state index in [4.69, 9.17) is 23.9 Å². The third-order valence-corrected chi connectivity index (χ3v) is 7.41. The maximum Gasteiger partial charge on any atom is 0.233 e. The average molecular weight is 520 g/mol. The van der Waals surface area contributed by atoms with Crippen molar-refractivity contribution in [1.82, 2.24) is 9.88 Å². The summed E-state index contributed by atoms with van der Waals surface area (Å²) in [4.78, 5) is 22.6. The summed E-state index contributed by atoms with van der Waals surface area (Å²) in [6, 6.07) is 9.62. The van der Waals surface area contributed by atoms with Gasteiger partial charge >= 0.3 is 0 Å². The van der Waals surface area contributed by atoms with Crippen LogP contribution in [0.2, 0.25) is 0 Å². The number of anilines is 1. The van der Waals surface area contributed by atoms with Crippen molar-refractivity contribution < 1.29 is 23.7 Å². The van der Waals surface area contributed by atoms with Crippen LogP contribution < -0.4 is 19.1 Å². The number of nitrogens with zero attached hydrogens (tertiary/aromatic N) is 3. The third-order valence-electron chi connectivity index (χ3n) is 6.20. The molecule has 1 saturated heterocycles. The summed E-state index contributed by atoms with van der Waals surface area (Å²) in [6.07, 6.45) is 1.12. The fourth-order valence-electron chi connectivity index (χ4n) is 4.30. The van der Waals surface area contributed by atoms with E-state index in [1.54, 1.807) is 18.4 Å². The number of aromatic nitrogens is 1. The summed E-state index contributed by atoms with van der Waals surface area (Å²) in [7, 11) is 1.65. The molecule has 0 bridgehead atoms. The molecule has 2 aromatic carbocycles. The number of halogens is 1. The number of aryl methyl sites for hydroxylation is 1. The van der Waals surface area contributed by atoms with Crippen molar-refractivity contribution in [3.05, 3.63) is 41.5 Å². The number of thiazole rings is 1. The van der Waals surface area contributed by atoms with Gasteiger partial charge in [0.1, 0.15) is 11.3 Å². The molecule has 0 aliphatic carbocycles. The number of carbonyl (C=O) groups is 1. The summed E-state index contributed by atoms with van der Waals surface area (Å²) in [5, 5.41) is 0.704. The Morgan fingerprint density at radius 2 is 1.97 bits per heavy atom. The first kappa shape index (κ1) is 25.5. The van der Waals surface area contributed by atoms with Crippen molar-refractivity contribution in [2.24, 2.45) is 0 Å². The first-order valence-corrected chi connectivity index (χ1v) is 12.4. The number of rotatable bonds is 8.